The van der Waals surface area contributed by atoms with Gasteiger partial charge in [-0.25, -0.2) is 4.79 Å². The Bertz CT molecular complexity index is 1140. The molecule has 3 aromatic rings. The van der Waals surface area contributed by atoms with Crippen LogP contribution in [0, 0.1) is 13.8 Å². The van der Waals surface area contributed by atoms with Gasteiger partial charge in [0, 0.05) is 23.5 Å². The van der Waals surface area contributed by atoms with Gasteiger partial charge in [0.2, 0.25) is 5.78 Å². The second-order valence-electron chi connectivity index (χ2n) is 6.92. The summed E-state index contributed by atoms with van der Waals surface area (Å²) < 4.78 is 7.24. The predicted octanol–water partition coefficient (Wildman–Crippen LogP) is 5.45. The highest BCUT2D eigenvalue weighted by Crippen LogP contribution is 2.24. The van der Waals surface area contributed by atoms with Gasteiger partial charge in [-0.05, 0) is 56.3 Å². The van der Waals surface area contributed by atoms with Crippen LogP contribution in [0.4, 0.5) is 11.4 Å². The summed E-state index contributed by atoms with van der Waals surface area (Å²) in [5, 5.41) is 17.5. The topological polar surface area (TPSA) is 93.2 Å². The summed E-state index contributed by atoms with van der Waals surface area (Å²) in [5.74, 6) is -0.814. The predicted molar refractivity (Wildman–Crippen MR) is 117 cm³/mol. The van der Waals surface area contributed by atoms with Gasteiger partial charge in [-0.1, -0.05) is 18.2 Å². The van der Waals surface area contributed by atoms with Gasteiger partial charge in [0.15, 0.2) is 6.61 Å². The lowest BCUT2D eigenvalue weighted by molar-refractivity contribution is 0.0475. The standard InChI is InChI=1S/C24H23N3O4/c1-4-13-27-16(2)14-21(17(27)3)23(29)15-31-24(30)20-7-5-6-8-22(20)26-25-18-9-11-19(28)12-10-18/h4-12,14,28H,1,13,15H2,2-3H3. The number of allylic oxidation sites excluding steroid dienone is 1. The number of benzene rings is 2. The molecule has 0 radical (unpaired) electrons. The van der Waals surface area contributed by atoms with E-state index < -0.39 is 5.97 Å². The van der Waals surface area contributed by atoms with Crippen molar-refractivity contribution in [3.05, 3.63) is 89.8 Å². The van der Waals surface area contributed by atoms with Gasteiger partial charge >= 0.3 is 5.97 Å². The number of hydrogen-bond acceptors (Lipinski definition) is 6. The van der Waals surface area contributed by atoms with Crippen LogP contribution in [0.15, 0.2) is 77.5 Å². The van der Waals surface area contributed by atoms with E-state index in [0.29, 0.717) is 23.5 Å². The Kier molecular flexibility index (Phi) is 6.77. The lowest BCUT2D eigenvalue weighted by Crippen LogP contribution is -2.15. The first-order valence-corrected chi connectivity index (χ1v) is 9.68. The SMILES string of the molecule is C=CCn1c(C)cc(C(=O)COC(=O)c2ccccc2N=Nc2ccc(O)cc2)c1C. The molecule has 7 nitrogen and oxygen atoms in total. The van der Waals surface area contributed by atoms with Crippen molar-refractivity contribution in [3.63, 3.8) is 0 Å². The number of esters is 1. The van der Waals surface area contributed by atoms with E-state index in [1.54, 1.807) is 48.5 Å². The van der Waals surface area contributed by atoms with Crippen LogP contribution >= 0.6 is 0 Å². The molecule has 1 heterocycles. The van der Waals surface area contributed by atoms with Crippen molar-refractivity contribution in [2.45, 2.75) is 20.4 Å². The van der Waals surface area contributed by atoms with Crippen molar-refractivity contribution in [1.82, 2.24) is 4.57 Å². The number of phenolic OH excluding ortho intramolecular Hbond substituents is 1. The summed E-state index contributed by atoms with van der Waals surface area (Å²) in [7, 11) is 0. The molecular weight excluding hydrogens is 394 g/mol. The quantitative estimate of drug-likeness (QED) is 0.228. The minimum absolute atomic E-state index is 0.123. The number of azo groups is 1. The fourth-order valence-electron chi connectivity index (χ4n) is 3.14. The van der Waals surface area contributed by atoms with Crippen molar-refractivity contribution < 1.29 is 19.4 Å². The average molecular weight is 417 g/mol. The number of ether oxygens (including phenoxy) is 1. The largest absolute Gasteiger partial charge is 0.508 e. The third-order valence-electron chi connectivity index (χ3n) is 4.77. The molecule has 0 aliphatic rings. The van der Waals surface area contributed by atoms with Crippen molar-refractivity contribution >= 4 is 23.1 Å². The van der Waals surface area contributed by atoms with Crippen molar-refractivity contribution in [2.75, 3.05) is 6.61 Å². The summed E-state index contributed by atoms with van der Waals surface area (Å²) in [6.07, 6.45) is 1.76. The van der Waals surface area contributed by atoms with Gasteiger partial charge in [-0.2, -0.15) is 5.11 Å². The van der Waals surface area contributed by atoms with Gasteiger partial charge in [0.05, 0.1) is 11.3 Å². The number of aromatic hydroxyl groups is 1. The third-order valence-corrected chi connectivity index (χ3v) is 4.77. The van der Waals surface area contributed by atoms with Gasteiger partial charge in [-0.15, -0.1) is 11.7 Å². The van der Waals surface area contributed by atoms with Crippen LogP contribution < -0.4 is 0 Å². The molecule has 31 heavy (non-hydrogen) atoms. The fraction of sp³-hybridized carbons (Fsp3) is 0.167. The molecule has 0 saturated heterocycles. The van der Waals surface area contributed by atoms with Crippen LogP contribution in [0.3, 0.4) is 0 Å². The van der Waals surface area contributed by atoms with Crippen molar-refractivity contribution in [1.29, 1.82) is 0 Å². The van der Waals surface area contributed by atoms with Gasteiger partial charge in [0.25, 0.3) is 0 Å². The molecule has 0 spiro atoms. The normalized spacial score (nSPS) is 10.9. The second kappa shape index (κ2) is 9.67. The number of carbonyl (C=O) groups is 2. The van der Waals surface area contributed by atoms with E-state index in [-0.39, 0.29) is 23.7 Å². The third kappa shape index (κ3) is 5.14. The minimum Gasteiger partial charge on any atom is -0.508 e. The van der Waals surface area contributed by atoms with Crippen LogP contribution in [0.2, 0.25) is 0 Å². The number of phenols is 1. The first-order chi connectivity index (χ1) is 14.9. The minimum atomic E-state index is -0.659. The molecule has 2 aromatic carbocycles. The molecule has 0 bridgehead atoms. The first kappa shape index (κ1) is 21.7. The lowest BCUT2D eigenvalue weighted by Gasteiger charge is -2.08. The molecule has 0 unspecified atom stereocenters. The second-order valence-corrected chi connectivity index (χ2v) is 6.92. The Hall–Kier alpha value is -4.00. The Balaban J connectivity index is 1.71. The fourth-order valence-corrected chi connectivity index (χ4v) is 3.14. The molecule has 3 rings (SSSR count). The number of ketones is 1. The molecule has 1 aromatic heterocycles. The highest BCUT2D eigenvalue weighted by Gasteiger charge is 2.19. The molecule has 7 heteroatoms. The number of Topliss-reactive ketones (excluding diaryl/α,β-unsaturated/α-hetero) is 1. The average Bonchev–Trinajstić information content (AvgIpc) is 3.06. The van der Waals surface area contributed by atoms with Crippen LogP contribution in [0.1, 0.15) is 32.1 Å². The van der Waals surface area contributed by atoms with E-state index in [1.807, 2.05) is 18.4 Å². The molecule has 0 aliphatic heterocycles. The summed E-state index contributed by atoms with van der Waals surface area (Å²) in [6.45, 7) is 7.72. The van der Waals surface area contributed by atoms with Gasteiger partial charge in [-0.3, -0.25) is 4.79 Å². The summed E-state index contributed by atoms with van der Waals surface area (Å²) in [6, 6.07) is 14.6. The number of aryl methyl sites for hydroxylation is 1. The Morgan fingerprint density at radius 1 is 1.06 bits per heavy atom. The maximum atomic E-state index is 12.6. The molecular formula is C24H23N3O4. The van der Waals surface area contributed by atoms with E-state index in [1.165, 1.54) is 12.1 Å². The highest BCUT2D eigenvalue weighted by molar-refractivity contribution is 6.01. The zero-order valence-electron chi connectivity index (χ0n) is 17.4. The van der Waals surface area contributed by atoms with Crippen LogP contribution in [-0.2, 0) is 11.3 Å². The maximum absolute atomic E-state index is 12.6. The molecule has 0 aliphatic carbocycles. The van der Waals surface area contributed by atoms with E-state index in [2.05, 4.69) is 16.8 Å². The van der Waals surface area contributed by atoms with E-state index in [9.17, 15) is 14.7 Å². The Morgan fingerprint density at radius 3 is 2.48 bits per heavy atom. The molecule has 0 amide bonds. The zero-order chi connectivity index (χ0) is 22.4. The molecule has 0 fully saturated rings. The monoisotopic (exact) mass is 417 g/mol. The van der Waals surface area contributed by atoms with Crippen molar-refractivity contribution in [2.24, 2.45) is 10.2 Å². The Morgan fingerprint density at radius 2 is 1.77 bits per heavy atom. The first-order valence-electron chi connectivity index (χ1n) is 9.68. The Labute approximate surface area is 180 Å². The lowest BCUT2D eigenvalue weighted by atomic mass is 10.1. The number of nitrogens with zero attached hydrogens (tertiary/aromatic N) is 3. The molecule has 1 N–H and O–H groups in total. The van der Waals surface area contributed by atoms with E-state index >= 15 is 0 Å². The smallest absolute Gasteiger partial charge is 0.340 e. The molecule has 0 atom stereocenters. The number of carbonyl (C=O) groups excluding carboxylic acids is 2. The molecule has 158 valence electrons. The highest BCUT2D eigenvalue weighted by atomic mass is 16.5. The van der Waals surface area contributed by atoms with Crippen LogP contribution in [-0.4, -0.2) is 28.0 Å². The number of rotatable bonds is 8. The van der Waals surface area contributed by atoms with Crippen molar-refractivity contribution in [3.8, 4) is 5.75 Å². The maximum Gasteiger partial charge on any atom is 0.340 e. The summed E-state index contributed by atoms with van der Waals surface area (Å²) in [5.41, 5.74) is 3.30. The van der Waals surface area contributed by atoms with Crippen LogP contribution in [0.5, 0.6) is 5.75 Å². The van der Waals surface area contributed by atoms with Crippen LogP contribution in [0.25, 0.3) is 0 Å². The van der Waals surface area contributed by atoms with Gasteiger partial charge < -0.3 is 14.4 Å². The zero-order valence-corrected chi connectivity index (χ0v) is 17.4. The summed E-state index contributed by atoms with van der Waals surface area (Å²) in [4.78, 5) is 25.2. The van der Waals surface area contributed by atoms with E-state index in [4.69, 9.17) is 4.74 Å². The summed E-state index contributed by atoms with van der Waals surface area (Å²) >= 11 is 0. The van der Waals surface area contributed by atoms with Gasteiger partial charge in [0.1, 0.15) is 11.4 Å². The molecule has 0 saturated carbocycles. The van der Waals surface area contributed by atoms with E-state index in [0.717, 1.165) is 11.4 Å². The number of aromatic nitrogens is 1. The number of hydrogen-bond donors (Lipinski definition) is 1.